The minimum Gasteiger partial charge on any atom is -0.353 e. The SMILES string of the molecule is O=C1CCCN2C3[C@@]45CN6CCCC/C=C\CC[C@@]3(C=C(c3nccc7c3[nH]c3ccccc37)C4CC6)O[C@]2(CC1)C5. The van der Waals surface area contributed by atoms with Gasteiger partial charge in [-0.3, -0.25) is 14.7 Å². The van der Waals surface area contributed by atoms with Crippen LogP contribution in [0.15, 0.2) is 54.8 Å². The summed E-state index contributed by atoms with van der Waals surface area (Å²) in [4.78, 5) is 27.3. The van der Waals surface area contributed by atoms with Crippen LogP contribution >= 0.6 is 0 Å². The Morgan fingerprint density at radius 1 is 0.952 bits per heavy atom. The number of allylic oxidation sites excluding steroid dienone is 3. The Bertz CT molecular complexity index is 1640. The van der Waals surface area contributed by atoms with E-state index in [-0.39, 0.29) is 16.7 Å². The molecule has 6 heteroatoms. The van der Waals surface area contributed by atoms with Crippen molar-refractivity contribution in [3.05, 3.63) is 60.5 Å². The lowest BCUT2D eigenvalue weighted by atomic mass is 9.53. The van der Waals surface area contributed by atoms with Crippen LogP contribution in [0.5, 0.6) is 0 Å². The molecule has 0 radical (unpaired) electrons. The molecule has 4 saturated heterocycles. The van der Waals surface area contributed by atoms with E-state index >= 15 is 0 Å². The molecule has 3 unspecified atom stereocenters. The molecule has 9 rings (SSSR count). The second-order valence-corrected chi connectivity index (χ2v) is 14.1. The summed E-state index contributed by atoms with van der Waals surface area (Å²) in [5.41, 5.74) is 4.28. The van der Waals surface area contributed by atoms with Crippen LogP contribution in [0.1, 0.15) is 76.3 Å². The number of pyridine rings is 1. The molecule has 6 atom stereocenters. The van der Waals surface area contributed by atoms with E-state index in [1.165, 1.54) is 47.7 Å². The maximum absolute atomic E-state index is 12.8. The highest BCUT2D eigenvalue weighted by molar-refractivity contribution is 6.09. The van der Waals surface area contributed by atoms with Crippen molar-refractivity contribution in [2.45, 2.75) is 88.0 Å². The van der Waals surface area contributed by atoms with Gasteiger partial charge < -0.3 is 14.6 Å². The number of Topliss-reactive ketones (excluding diaryl/α,β-unsaturated/α-hetero) is 1. The van der Waals surface area contributed by atoms with Crippen LogP contribution in [-0.2, 0) is 9.53 Å². The Morgan fingerprint density at radius 2 is 1.88 bits per heavy atom. The molecule has 218 valence electrons. The predicted molar refractivity (Wildman–Crippen MR) is 166 cm³/mol. The zero-order valence-corrected chi connectivity index (χ0v) is 24.6. The average Bonchev–Trinajstić information content (AvgIpc) is 3.58. The first-order valence-corrected chi connectivity index (χ1v) is 16.6. The quantitative estimate of drug-likeness (QED) is 0.338. The Balaban J connectivity index is 1.27. The van der Waals surface area contributed by atoms with Crippen molar-refractivity contribution in [1.82, 2.24) is 19.8 Å². The van der Waals surface area contributed by atoms with Crippen molar-refractivity contribution in [3.63, 3.8) is 0 Å². The van der Waals surface area contributed by atoms with Gasteiger partial charge in [-0.15, -0.1) is 0 Å². The summed E-state index contributed by atoms with van der Waals surface area (Å²) in [6.45, 7) is 4.44. The van der Waals surface area contributed by atoms with Crippen molar-refractivity contribution in [2.75, 3.05) is 26.2 Å². The number of carbonyl (C=O) groups excluding carboxylic acids is 1. The normalized spacial score (nSPS) is 39.2. The smallest absolute Gasteiger partial charge is 0.133 e. The highest BCUT2D eigenvalue weighted by atomic mass is 16.6. The number of H-pyrrole nitrogens is 1. The highest BCUT2D eigenvalue weighted by Crippen LogP contribution is 2.70. The van der Waals surface area contributed by atoms with Gasteiger partial charge in [0.2, 0.25) is 0 Å². The molecule has 5 bridgehead atoms. The summed E-state index contributed by atoms with van der Waals surface area (Å²) < 4.78 is 7.53. The summed E-state index contributed by atoms with van der Waals surface area (Å²) in [6.07, 6.45) is 20.5. The van der Waals surface area contributed by atoms with E-state index in [1.54, 1.807) is 0 Å². The number of rotatable bonds is 1. The van der Waals surface area contributed by atoms with E-state index in [2.05, 4.69) is 63.3 Å². The molecule has 3 aromatic rings. The monoisotopic (exact) mass is 562 g/mol. The first kappa shape index (κ1) is 25.7. The topological polar surface area (TPSA) is 61.5 Å². The Hall–Kier alpha value is -2.80. The molecule has 0 amide bonds. The van der Waals surface area contributed by atoms with Crippen LogP contribution in [0.4, 0.5) is 0 Å². The number of benzene rings is 1. The van der Waals surface area contributed by atoms with Gasteiger partial charge in [0.15, 0.2) is 0 Å². The fraction of sp³-hybridized carbons (Fsp3) is 0.556. The number of hydrogen-bond donors (Lipinski definition) is 1. The van der Waals surface area contributed by atoms with Crippen LogP contribution in [0.2, 0.25) is 0 Å². The molecule has 5 aliphatic heterocycles. The molecule has 42 heavy (non-hydrogen) atoms. The second kappa shape index (κ2) is 9.35. The summed E-state index contributed by atoms with van der Waals surface area (Å²) in [5.74, 6) is 0.850. The van der Waals surface area contributed by atoms with Gasteiger partial charge in [0.25, 0.3) is 0 Å². The Morgan fingerprint density at radius 3 is 2.86 bits per heavy atom. The van der Waals surface area contributed by atoms with Crippen LogP contribution < -0.4 is 0 Å². The van der Waals surface area contributed by atoms with Crippen molar-refractivity contribution in [1.29, 1.82) is 0 Å². The minimum absolute atomic E-state index is 0.0988. The third-order valence-electron chi connectivity index (χ3n) is 11.9. The molecular formula is C36H42N4O2. The fourth-order valence-corrected chi connectivity index (χ4v) is 10.5. The van der Waals surface area contributed by atoms with Crippen LogP contribution in [0.25, 0.3) is 27.4 Å². The molecule has 0 saturated carbocycles. The number of ketones is 1. The summed E-state index contributed by atoms with van der Waals surface area (Å²) in [7, 11) is 0. The van der Waals surface area contributed by atoms with E-state index in [0.29, 0.717) is 30.6 Å². The third-order valence-corrected chi connectivity index (χ3v) is 11.9. The first-order chi connectivity index (χ1) is 20.6. The summed E-state index contributed by atoms with van der Waals surface area (Å²) in [5, 5.41) is 2.52. The molecular weight excluding hydrogens is 520 g/mol. The number of piperidine rings is 1. The molecule has 1 spiro atoms. The average molecular weight is 563 g/mol. The van der Waals surface area contributed by atoms with Gasteiger partial charge >= 0.3 is 0 Å². The molecule has 4 fully saturated rings. The fourth-order valence-electron chi connectivity index (χ4n) is 10.5. The predicted octanol–water partition coefficient (Wildman–Crippen LogP) is 6.62. The van der Waals surface area contributed by atoms with E-state index < -0.39 is 0 Å². The van der Waals surface area contributed by atoms with Crippen molar-refractivity contribution >= 4 is 33.2 Å². The van der Waals surface area contributed by atoms with Crippen molar-refractivity contribution in [2.24, 2.45) is 11.3 Å². The van der Waals surface area contributed by atoms with Gasteiger partial charge in [-0.25, -0.2) is 0 Å². The van der Waals surface area contributed by atoms with Crippen LogP contribution in [0.3, 0.4) is 0 Å². The molecule has 1 aliphatic carbocycles. The Kier molecular flexibility index (Phi) is 5.71. The number of carbonyl (C=O) groups is 1. The lowest BCUT2D eigenvalue weighted by Crippen LogP contribution is -2.65. The standard InChI is InChI=1S/C36H42N4O2/c41-25-10-9-20-40-33-34-23-36(40,17-13-25)42-35(33)16-7-3-1-2-4-8-19-39(24-34)21-15-29(34)28(22-35)31-32-27(14-18-37-31)26-11-5-6-12-30(26)38-32/h1,3,5-6,11-12,14,18,22,29,33,38H,2,4,7-10,13,15-17,19-21,23-24H2/b3-1-/t29?,33?,34-,35-,36+/m0/s1. The molecule has 6 nitrogen and oxygen atoms in total. The number of fused-ring (bicyclic) bond motifs is 4. The lowest BCUT2D eigenvalue weighted by Gasteiger charge is -2.59. The number of para-hydroxylation sites is 1. The number of aromatic amines is 1. The first-order valence-electron chi connectivity index (χ1n) is 16.6. The van der Waals surface area contributed by atoms with E-state index in [9.17, 15) is 4.79 Å². The molecule has 1 aromatic carbocycles. The number of ether oxygens (including phenoxy) is 1. The molecule has 7 heterocycles. The number of aromatic nitrogens is 2. The lowest BCUT2D eigenvalue weighted by molar-refractivity contribution is -0.180. The summed E-state index contributed by atoms with van der Waals surface area (Å²) >= 11 is 0. The Labute approximate surface area is 248 Å². The second-order valence-electron chi connectivity index (χ2n) is 14.1. The summed E-state index contributed by atoms with van der Waals surface area (Å²) in [6, 6.07) is 11.2. The van der Waals surface area contributed by atoms with Crippen LogP contribution in [0, 0.1) is 11.3 Å². The third kappa shape index (κ3) is 3.55. The van der Waals surface area contributed by atoms with Gasteiger partial charge in [0.05, 0.1) is 17.3 Å². The zero-order chi connectivity index (χ0) is 27.9. The molecule has 6 aliphatic rings. The highest BCUT2D eigenvalue weighted by Gasteiger charge is 2.77. The number of nitrogens with one attached hydrogen (secondary N) is 1. The van der Waals surface area contributed by atoms with Gasteiger partial charge in [0.1, 0.15) is 17.1 Å². The largest absolute Gasteiger partial charge is 0.353 e. The van der Waals surface area contributed by atoms with Gasteiger partial charge in [-0.1, -0.05) is 30.4 Å². The number of hydrogen-bond acceptors (Lipinski definition) is 5. The maximum atomic E-state index is 12.8. The van der Waals surface area contributed by atoms with Crippen molar-refractivity contribution in [3.8, 4) is 0 Å². The van der Waals surface area contributed by atoms with E-state index in [0.717, 1.165) is 69.4 Å². The van der Waals surface area contributed by atoms with Gasteiger partial charge in [-0.2, -0.15) is 0 Å². The van der Waals surface area contributed by atoms with Crippen molar-refractivity contribution < 1.29 is 9.53 Å². The van der Waals surface area contributed by atoms with E-state index in [1.807, 2.05) is 6.20 Å². The van der Waals surface area contributed by atoms with Gasteiger partial charge in [-0.05, 0) is 101 Å². The minimum atomic E-state index is -0.366. The zero-order valence-electron chi connectivity index (χ0n) is 24.6. The molecule has 1 N–H and O–H groups in total. The molecule has 2 aromatic heterocycles. The van der Waals surface area contributed by atoms with E-state index in [4.69, 9.17) is 9.72 Å². The maximum Gasteiger partial charge on any atom is 0.133 e. The van der Waals surface area contributed by atoms with Crippen LogP contribution in [-0.4, -0.2) is 69.1 Å². The van der Waals surface area contributed by atoms with Gasteiger partial charge in [0, 0.05) is 53.8 Å². The number of nitrogens with zero attached hydrogens (tertiary/aromatic N) is 3.